The van der Waals surface area contributed by atoms with Crippen molar-refractivity contribution in [3.05, 3.63) is 63.0 Å². The highest BCUT2D eigenvalue weighted by molar-refractivity contribution is 5.59. The number of hydrogen-bond acceptors (Lipinski definition) is 9. The van der Waals surface area contributed by atoms with E-state index in [1.807, 2.05) is 31.2 Å². The molecule has 4 aromatic rings. The maximum Gasteiger partial charge on any atom is 0.326 e. The first-order chi connectivity index (χ1) is 15.6. The summed E-state index contributed by atoms with van der Waals surface area (Å²) in [7, 11) is 0. The van der Waals surface area contributed by atoms with E-state index in [-0.39, 0.29) is 11.6 Å². The average molecular weight is 437 g/mol. The lowest BCUT2D eigenvalue weighted by molar-refractivity contribution is 0.155. The minimum absolute atomic E-state index is 0.212. The molecule has 6 N–H and O–H groups in total. The normalized spacial score (nSPS) is 12.7. The Morgan fingerprint density at radius 2 is 2.22 bits per heavy atom. The van der Waals surface area contributed by atoms with Gasteiger partial charge in [0.05, 0.1) is 19.3 Å². The monoisotopic (exact) mass is 437 g/mol. The van der Waals surface area contributed by atoms with Crippen LogP contribution in [0.15, 0.2) is 40.2 Å². The topological polar surface area (TPSA) is 172 Å². The van der Waals surface area contributed by atoms with Crippen LogP contribution >= 0.6 is 0 Å². The second kappa shape index (κ2) is 9.41. The molecule has 12 heteroatoms. The molecule has 0 saturated heterocycles. The number of aromatic nitrogens is 6. The van der Waals surface area contributed by atoms with Gasteiger partial charge in [-0.3, -0.25) is 4.98 Å². The minimum Gasteiger partial charge on any atom is -0.493 e. The number of nitrogens with zero attached hydrogens (tertiary/aromatic N) is 5. The quantitative estimate of drug-likeness (QED) is 0.230. The first-order valence-corrected chi connectivity index (χ1v) is 10.0. The molecule has 1 aromatic carbocycles. The Kier molecular flexibility index (Phi) is 6.24. The SMILES string of the molecule is CCOCCN=c1nc(Nc2cccc(CN)c2)nc2/c(=C/c3[nH]c(=O)[nH]c3O)cnn12. The zero-order valence-electron chi connectivity index (χ0n) is 17.4. The molecule has 0 amide bonds. The molecule has 32 heavy (non-hydrogen) atoms. The molecule has 0 atom stereocenters. The number of nitrogens with one attached hydrogen (secondary N) is 3. The van der Waals surface area contributed by atoms with Crippen LogP contribution in [0.2, 0.25) is 0 Å². The van der Waals surface area contributed by atoms with Crippen molar-refractivity contribution in [3.8, 4) is 5.88 Å². The Hall–Kier alpha value is -4.03. The maximum absolute atomic E-state index is 11.5. The van der Waals surface area contributed by atoms with Gasteiger partial charge in [0.15, 0.2) is 5.65 Å². The van der Waals surface area contributed by atoms with Gasteiger partial charge in [-0.1, -0.05) is 12.1 Å². The molecule has 3 heterocycles. The lowest BCUT2D eigenvalue weighted by atomic mass is 10.2. The number of benzene rings is 1. The molecule has 12 nitrogen and oxygen atoms in total. The molecule has 0 spiro atoms. The van der Waals surface area contributed by atoms with Gasteiger partial charge in [-0.05, 0) is 30.7 Å². The van der Waals surface area contributed by atoms with Gasteiger partial charge < -0.3 is 25.9 Å². The fourth-order valence-corrected chi connectivity index (χ4v) is 3.05. The van der Waals surface area contributed by atoms with E-state index in [0.29, 0.717) is 48.7 Å². The van der Waals surface area contributed by atoms with E-state index in [9.17, 15) is 9.90 Å². The van der Waals surface area contributed by atoms with Crippen LogP contribution in [0.25, 0.3) is 11.7 Å². The molecular formula is C20H23N9O3. The third-order valence-electron chi connectivity index (χ3n) is 4.53. The Morgan fingerprint density at radius 3 is 2.97 bits per heavy atom. The van der Waals surface area contributed by atoms with Gasteiger partial charge in [-0.25, -0.2) is 9.79 Å². The molecule has 0 saturated carbocycles. The Bertz CT molecular complexity index is 1400. The van der Waals surface area contributed by atoms with E-state index in [1.54, 1.807) is 12.3 Å². The molecule has 0 unspecified atom stereocenters. The van der Waals surface area contributed by atoms with Crippen LogP contribution in [0.5, 0.6) is 5.88 Å². The van der Waals surface area contributed by atoms with Crippen molar-refractivity contribution in [1.82, 2.24) is 29.5 Å². The van der Waals surface area contributed by atoms with Crippen molar-refractivity contribution in [1.29, 1.82) is 0 Å². The van der Waals surface area contributed by atoms with Gasteiger partial charge >= 0.3 is 5.69 Å². The van der Waals surface area contributed by atoms with Gasteiger partial charge in [0.1, 0.15) is 5.69 Å². The van der Waals surface area contributed by atoms with Crippen molar-refractivity contribution in [2.45, 2.75) is 13.5 Å². The summed E-state index contributed by atoms with van der Waals surface area (Å²) in [5.41, 5.74) is 7.93. The highest BCUT2D eigenvalue weighted by Gasteiger charge is 2.09. The van der Waals surface area contributed by atoms with Crippen LogP contribution in [0, 0.1) is 0 Å². The fourth-order valence-electron chi connectivity index (χ4n) is 3.05. The van der Waals surface area contributed by atoms with Crippen LogP contribution in [0.4, 0.5) is 11.6 Å². The van der Waals surface area contributed by atoms with Crippen molar-refractivity contribution in [3.63, 3.8) is 0 Å². The summed E-state index contributed by atoms with van der Waals surface area (Å²) >= 11 is 0. The van der Waals surface area contributed by atoms with Crippen LogP contribution in [-0.2, 0) is 11.3 Å². The van der Waals surface area contributed by atoms with E-state index in [4.69, 9.17) is 10.5 Å². The van der Waals surface area contributed by atoms with E-state index in [0.717, 1.165) is 11.3 Å². The number of aromatic amines is 2. The summed E-state index contributed by atoms with van der Waals surface area (Å²) in [5.74, 6) is 0.0331. The van der Waals surface area contributed by atoms with Crippen LogP contribution < -0.4 is 27.6 Å². The molecule has 0 bridgehead atoms. The molecule has 166 valence electrons. The predicted octanol–water partition coefficient (Wildman–Crippen LogP) is -0.466. The summed E-state index contributed by atoms with van der Waals surface area (Å²) in [6.07, 6.45) is 3.11. The predicted molar refractivity (Wildman–Crippen MR) is 117 cm³/mol. The van der Waals surface area contributed by atoms with Crippen LogP contribution in [0.1, 0.15) is 18.2 Å². The minimum atomic E-state index is -0.520. The van der Waals surface area contributed by atoms with E-state index < -0.39 is 5.69 Å². The number of hydrogen-bond donors (Lipinski definition) is 5. The van der Waals surface area contributed by atoms with Crippen LogP contribution in [-0.4, -0.2) is 54.4 Å². The number of anilines is 2. The van der Waals surface area contributed by atoms with Crippen LogP contribution in [0.3, 0.4) is 0 Å². The summed E-state index contributed by atoms with van der Waals surface area (Å²) in [6.45, 7) is 3.76. The molecule has 4 rings (SSSR count). The lowest BCUT2D eigenvalue weighted by Crippen LogP contribution is -2.24. The number of ether oxygens (including phenoxy) is 1. The zero-order valence-corrected chi connectivity index (χ0v) is 17.4. The smallest absolute Gasteiger partial charge is 0.326 e. The van der Waals surface area contributed by atoms with Crippen molar-refractivity contribution in [2.24, 2.45) is 10.7 Å². The lowest BCUT2D eigenvalue weighted by Gasteiger charge is -2.07. The highest BCUT2D eigenvalue weighted by Crippen LogP contribution is 2.14. The number of fused-ring (bicyclic) bond motifs is 1. The Labute approximate surface area is 181 Å². The first kappa shape index (κ1) is 21.2. The van der Waals surface area contributed by atoms with E-state index >= 15 is 0 Å². The third kappa shape index (κ3) is 4.66. The summed E-state index contributed by atoms with van der Waals surface area (Å²) in [6, 6.07) is 7.60. The maximum atomic E-state index is 11.5. The van der Waals surface area contributed by atoms with Crippen molar-refractivity contribution in [2.75, 3.05) is 25.1 Å². The summed E-state index contributed by atoms with van der Waals surface area (Å²) in [5, 5.41) is 17.9. The average Bonchev–Trinajstić information content (AvgIpc) is 3.33. The number of imidazole rings is 1. The Balaban J connectivity index is 1.82. The van der Waals surface area contributed by atoms with E-state index in [2.05, 4.69) is 35.3 Å². The summed E-state index contributed by atoms with van der Waals surface area (Å²) in [4.78, 5) is 29.8. The largest absolute Gasteiger partial charge is 0.493 e. The molecule has 0 aliphatic rings. The number of nitrogens with two attached hydrogens (primary N) is 1. The van der Waals surface area contributed by atoms with Gasteiger partial charge in [-0.2, -0.15) is 19.6 Å². The van der Waals surface area contributed by atoms with Crippen molar-refractivity contribution < 1.29 is 9.84 Å². The number of rotatable bonds is 8. The van der Waals surface area contributed by atoms with Gasteiger partial charge in [0.2, 0.25) is 11.8 Å². The first-order valence-electron chi connectivity index (χ1n) is 10.0. The van der Waals surface area contributed by atoms with Gasteiger partial charge in [0, 0.05) is 24.1 Å². The molecular weight excluding hydrogens is 414 g/mol. The second-order valence-corrected chi connectivity index (χ2v) is 6.78. The molecule has 3 aromatic heterocycles. The molecule has 0 radical (unpaired) electrons. The van der Waals surface area contributed by atoms with Gasteiger partial charge in [-0.15, -0.1) is 0 Å². The van der Waals surface area contributed by atoms with E-state index in [1.165, 1.54) is 4.52 Å². The third-order valence-corrected chi connectivity index (χ3v) is 4.53. The fraction of sp³-hybridized carbons (Fsp3) is 0.250. The number of aromatic hydroxyl groups is 1. The van der Waals surface area contributed by atoms with Crippen molar-refractivity contribution >= 4 is 23.4 Å². The molecule has 0 aliphatic heterocycles. The zero-order chi connectivity index (χ0) is 22.5. The number of H-pyrrole nitrogens is 2. The van der Waals surface area contributed by atoms with Gasteiger partial charge in [0.25, 0.3) is 5.62 Å². The molecule has 0 aliphatic carbocycles. The summed E-state index contributed by atoms with van der Waals surface area (Å²) < 4.78 is 6.84. The standard InChI is InChI=1S/C20H23N9O3/c1-2-32-7-6-22-19-28-18(24-14-5-3-4-12(8-14)10-21)26-16-13(11-23-29(16)19)9-15-17(30)27-20(31)25-15/h3-5,8-9,11,30H,2,6-7,10,21H2,1H3,(H,22,24,28)(H2,25,27,31)/b13-9+. The second-order valence-electron chi connectivity index (χ2n) is 6.78. The highest BCUT2D eigenvalue weighted by atomic mass is 16.5. The molecule has 0 fully saturated rings. The Morgan fingerprint density at radius 1 is 1.34 bits per heavy atom.